The largest absolute Gasteiger partial charge is 0.497 e. The third-order valence-corrected chi connectivity index (χ3v) is 6.35. The van der Waals surface area contributed by atoms with E-state index in [9.17, 15) is 9.59 Å². The minimum absolute atomic E-state index is 0.00139. The average molecular weight is 448 g/mol. The van der Waals surface area contributed by atoms with Gasteiger partial charge >= 0.3 is 0 Å². The van der Waals surface area contributed by atoms with Gasteiger partial charge in [-0.3, -0.25) is 9.59 Å². The van der Waals surface area contributed by atoms with Crippen LogP contribution in [0.4, 0.5) is 0 Å². The number of rotatable bonds is 10. The summed E-state index contributed by atoms with van der Waals surface area (Å²) in [7, 11) is 1.64. The molecule has 0 bridgehead atoms. The fourth-order valence-electron chi connectivity index (χ4n) is 4.16. The smallest absolute Gasteiger partial charge is 0.242 e. The van der Waals surface area contributed by atoms with Crippen molar-refractivity contribution in [3.63, 3.8) is 0 Å². The molecule has 4 rings (SSSR count). The van der Waals surface area contributed by atoms with E-state index in [4.69, 9.17) is 4.74 Å². The number of H-pyrrole nitrogens is 1. The Bertz CT molecular complexity index is 1100. The summed E-state index contributed by atoms with van der Waals surface area (Å²) < 4.78 is 5.26. The van der Waals surface area contributed by atoms with Crippen molar-refractivity contribution in [2.45, 2.75) is 45.7 Å². The maximum Gasteiger partial charge on any atom is 0.242 e. The third kappa shape index (κ3) is 5.56. The minimum atomic E-state index is -0.0200. The van der Waals surface area contributed by atoms with Crippen LogP contribution in [0.25, 0.3) is 10.9 Å². The van der Waals surface area contributed by atoms with E-state index in [1.807, 2.05) is 61.3 Å². The first-order valence-corrected chi connectivity index (χ1v) is 11.7. The van der Waals surface area contributed by atoms with Crippen LogP contribution >= 0.6 is 0 Å². The topological polar surface area (TPSA) is 65.6 Å². The van der Waals surface area contributed by atoms with Gasteiger partial charge in [0.1, 0.15) is 5.75 Å². The zero-order chi connectivity index (χ0) is 23.4. The summed E-state index contributed by atoms with van der Waals surface area (Å²) in [6.45, 7) is 5.16. The summed E-state index contributed by atoms with van der Waals surface area (Å²) in [5.74, 6) is 0.977. The number of aromatic nitrogens is 1. The van der Waals surface area contributed by atoms with Gasteiger partial charge in [0.2, 0.25) is 11.8 Å². The van der Waals surface area contributed by atoms with Gasteiger partial charge in [-0.05, 0) is 62.4 Å². The van der Waals surface area contributed by atoms with E-state index in [-0.39, 0.29) is 30.3 Å². The van der Waals surface area contributed by atoms with Gasteiger partial charge in [0.15, 0.2) is 0 Å². The van der Waals surface area contributed by atoms with E-state index < -0.39 is 0 Å². The van der Waals surface area contributed by atoms with Crippen LogP contribution in [0.1, 0.15) is 37.8 Å². The molecule has 174 valence electrons. The molecular weight excluding hydrogens is 414 g/mol. The summed E-state index contributed by atoms with van der Waals surface area (Å²) in [6.07, 6.45) is 4.64. The van der Waals surface area contributed by atoms with Crippen LogP contribution in [-0.4, -0.2) is 52.8 Å². The Morgan fingerprint density at radius 2 is 1.82 bits per heavy atom. The number of amides is 2. The Hall–Kier alpha value is -3.28. The molecule has 1 aliphatic rings. The number of methoxy groups -OCH3 is 1. The normalized spacial score (nSPS) is 13.3. The highest BCUT2D eigenvalue weighted by Crippen LogP contribution is 2.31. The molecule has 1 N–H and O–H groups in total. The van der Waals surface area contributed by atoms with Gasteiger partial charge in [-0.2, -0.15) is 0 Å². The standard InChI is InChI=1S/C27H33N3O3/c1-19(2)30(27(32)21-10-11-21)18-26(31)29(17-20-8-12-23(33-3)13-9-20)15-14-22-16-28-25-7-5-4-6-24(22)25/h4-9,12-13,16,19,21,28H,10-11,14-15,17-18H2,1-3H3. The predicted octanol–water partition coefficient (Wildman–Crippen LogP) is 4.39. The van der Waals surface area contributed by atoms with Crippen LogP contribution < -0.4 is 4.74 Å². The molecular formula is C27H33N3O3. The number of hydrogen-bond donors (Lipinski definition) is 1. The van der Waals surface area contributed by atoms with Gasteiger partial charge in [-0.1, -0.05) is 30.3 Å². The number of fused-ring (bicyclic) bond motifs is 1. The molecule has 0 unspecified atom stereocenters. The maximum absolute atomic E-state index is 13.5. The zero-order valence-corrected chi connectivity index (χ0v) is 19.7. The quantitative estimate of drug-likeness (QED) is 0.501. The molecule has 6 nitrogen and oxygen atoms in total. The van der Waals surface area contributed by atoms with Crippen molar-refractivity contribution >= 4 is 22.7 Å². The van der Waals surface area contributed by atoms with Crippen LogP contribution in [0.5, 0.6) is 5.75 Å². The summed E-state index contributed by atoms with van der Waals surface area (Å²) in [5.41, 5.74) is 3.32. The number of benzene rings is 2. The Kier molecular flexibility index (Phi) is 7.02. The minimum Gasteiger partial charge on any atom is -0.497 e. The van der Waals surface area contributed by atoms with Crippen LogP contribution in [0.2, 0.25) is 0 Å². The monoisotopic (exact) mass is 447 g/mol. The molecule has 0 radical (unpaired) electrons. The first kappa shape index (κ1) is 22.9. The first-order valence-electron chi connectivity index (χ1n) is 11.7. The number of nitrogens with zero attached hydrogens (tertiary/aromatic N) is 2. The second-order valence-corrected chi connectivity index (χ2v) is 9.11. The number of ether oxygens (including phenoxy) is 1. The lowest BCUT2D eigenvalue weighted by molar-refractivity contribution is -0.143. The van der Waals surface area contributed by atoms with E-state index >= 15 is 0 Å². The molecule has 6 heteroatoms. The van der Waals surface area contributed by atoms with Crippen LogP contribution in [0, 0.1) is 5.92 Å². The van der Waals surface area contributed by atoms with Crippen LogP contribution in [0.3, 0.4) is 0 Å². The summed E-state index contributed by atoms with van der Waals surface area (Å²) in [5, 5.41) is 1.18. The van der Waals surface area contributed by atoms with E-state index in [2.05, 4.69) is 17.1 Å². The molecule has 0 saturated heterocycles. The Morgan fingerprint density at radius 3 is 2.48 bits per heavy atom. The second kappa shape index (κ2) is 10.1. The SMILES string of the molecule is COc1ccc(CN(CCc2c[nH]c3ccccc23)C(=O)CN(C(=O)C2CC2)C(C)C)cc1. The lowest BCUT2D eigenvalue weighted by Gasteiger charge is -2.30. The van der Waals surface area contributed by atoms with E-state index in [1.165, 1.54) is 10.9 Å². The van der Waals surface area contributed by atoms with Crippen molar-refractivity contribution < 1.29 is 14.3 Å². The number of carbonyl (C=O) groups excluding carboxylic acids is 2. The molecule has 2 aromatic carbocycles. The fourth-order valence-corrected chi connectivity index (χ4v) is 4.16. The van der Waals surface area contributed by atoms with E-state index in [1.54, 1.807) is 12.0 Å². The van der Waals surface area contributed by atoms with Crippen molar-refractivity contribution in [3.8, 4) is 5.75 Å². The second-order valence-electron chi connectivity index (χ2n) is 9.11. The first-order chi connectivity index (χ1) is 16.0. The lowest BCUT2D eigenvalue weighted by Crippen LogP contribution is -2.46. The van der Waals surface area contributed by atoms with E-state index in [0.29, 0.717) is 13.1 Å². The fraction of sp³-hybridized carbons (Fsp3) is 0.407. The van der Waals surface area contributed by atoms with Gasteiger partial charge in [0.25, 0.3) is 0 Å². The molecule has 33 heavy (non-hydrogen) atoms. The Balaban J connectivity index is 1.51. The Morgan fingerprint density at radius 1 is 1.09 bits per heavy atom. The molecule has 0 spiro atoms. The number of hydrogen-bond acceptors (Lipinski definition) is 3. The van der Waals surface area contributed by atoms with Crippen molar-refractivity contribution in [2.24, 2.45) is 5.92 Å². The summed E-state index contributed by atoms with van der Waals surface area (Å²) in [4.78, 5) is 33.1. The lowest BCUT2D eigenvalue weighted by atomic mass is 10.1. The number of nitrogens with one attached hydrogen (secondary N) is 1. The molecule has 1 heterocycles. The predicted molar refractivity (Wildman–Crippen MR) is 130 cm³/mol. The summed E-state index contributed by atoms with van der Waals surface area (Å²) >= 11 is 0. The van der Waals surface area contributed by atoms with E-state index in [0.717, 1.165) is 36.1 Å². The molecule has 1 saturated carbocycles. The molecule has 1 aromatic heterocycles. The highest BCUT2D eigenvalue weighted by molar-refractivity contribution is 5.87. The highest BCUT2D eigenvalue weighted by Gasteiger charge is 2.35. The van der Waals surface area contributed by atoms with Gasteiger partial charge in [-0.15, -0.1) is 0 Å². The van der Waals surface area contributed by atoms with Gasteiger partial charge in [0.05, 0.1) is 13.7 Å². The average Bonchev–Trinajstić information content (AvgIpc) is 3.60. The summed E-state index contributed by atoms with van der Waals surface area (Å²) in [6, 6.07) is 16.0. The zero-order valence-electron chi connectivity index (χ0n) is 19.7. The molecule has 0 aliphatic heterocycles. The van der Waals surface area contributed by atoms with Gasteiger partial charge in [-0.25, -0.2) is 0 Å². The van der Waals surface area contributed by atoms with Crippen LogP contribution in [-0.2, 0) is 22.6 Å². The van der Waals surface area contributed by atoms with Crippen molar-refractivity contribution in [1.82, 2.24) is 14.8 Å². The van der Waals surface area contributed by atoms with Crippen molar-refractivity contribution in [1.29, 1.82) is 0 Å². The molecule has 0 atom stereocenters. The highest BCUT2D eigenvalue weighted by atomic mass is 16.5. The van der Waals surface area contributed by atoms with Crippen molar-refractivity contribution in [2.75, 3.05) is 20.2 Å². The third-order valence-electron chi connectivity index (χ3n) is 6.35. The van der Waals surface area contributed by atoms with Crippen LogP contribution in [0.15, 0.2) is 54.7 Å². The number of aromatic amines is 1. The van der Waals surface area contributed by atoms with Gasteiger partial charge in [0, 0.05) is 42.1 Å². The Labute approximate surface area is 195 Å². The van der Waals surface area contributed by atoms with Gasteiger partial charge < -0.3 is 19.5 Å². The number of carbonyl (C=O) groups is 2. The molecule has 1 aliphatic carbocycles. The molecule has 3 aromatic rings. The molecule has 2 amide bonds. The van der Waals surface area contributed by atoms with Crippen molar-refractivity contribution in [3.05, 3.63) is 65.9 Å². The number of para-hydroxylation sites is 1. The molecule has 1 fully saturated rings. The maximum atomic E-state index is 13.5.